The monoisotopic (exact) mass is 359 g/mol. The van der Waals surface area contributed by atoms with Crippen molar-refractivity contribution in [1.29, 1.82) is 0 Å². The molecule has 0 unspecified atom stereocenters. The molecule has 0 spiro atoms. The van der Waals surface area contributed by atoms with Crippen molar-refractivity contribution in [3.63, 3.8) is 0 Å². The zero-order valence-corrected chi connectivity index (χ0v) is 13.8. The first-order chi connectivity index (χ1) is 10.9. The van der Waals surface area contributed by atoms with Gasteiger partial charge in [0.1, 0.15) is 23.9 Å². The van der Waals surface area contributed by atoms with E-state index in [-0.39, 0.29) is 23.1 Å². The molecule has 8 heteroatoms. The molecule has 0 saturated heterocycles. The number of nitrogens with one attached hydrogen (secondary N) is 1. The average Bonchev–Trinajstić information content (AvgIpc) is 2.51. The maximum absolute atomic E-state index is 13.0. The number of methoxy groups -OCH3 is 1. The Morgan fingerprint density at radius 1 is 1.22 bits per heavy atom. The molecule has 0 heterocycles. The van der Waals surface area contributed by atoms with Crippen LogP contribution >= 0.6 is 11.6 Å². The summed E-state index contributed by atoms with van der Waals surface area (Å²) in [6.45, 7) is 0.0923. The summed E-state index contributed by atoms with van der Waals surface area (Å²) in [6, 6.07) is 9.77. The van der Waals surface area contributed by atoms with Crippen LogP contribution in [0.3, 0.4) is 0 Å². The summed E-state index contributed by atoms with van der Waals surface area (Å²) in [6.07, 6.45) is 0. The molecule has 0 atom stereocenters. The summed E-state index contributed by atoms with van der Waals surface area (Å²) in [5.74, 6) is 0.299. The number of benzene rings is 2. The van der Waals surface area contributed by atoms with Crippen molar-refractivity contribution in [2.24, 2.45) is 0 Å². The highest BCUT2D eigenvalue weighted by atomic mass is 35.5. The molecule has 5 nitrogen and oxygen atoms in total. The van der Waals surface area contributed by atoms with E-state index in [1.807, 2.05) is 0 Å². The maximum Gasteiger partial charge on any atom is 0.240 e. The van der Waals surface area contributed by atoms with Gasteiger partial charge in [0.05, 0.1) is 17.0 Å². The van der Waals surface area contributed by atoms with Gasteiger partial charge in [0.2, 0.25) is 10.0 Å². The van der Waals surface area contributed by atoms with Crippen LogP contribution < -0.4 is 14.2 Å². The van der Waals surface area contributed by atoms with Gasteiger partial charge >= 0.3 is 0 Å². The van der Waals surface area contributed by atoms with Crippen molar-refractivity contribution in [3.8, 4) is 11.5 Å². The Morgan fingerprint density at radius 2 is 2.00 bits per heavy atom. The topological polar surface area (TPSA) is 64.6 Å². The van der Waals surface area contributed by atoms with Crippen LogP contribution in [0.2, 0.25) is 5.02 Å². The second-order valence-corrected chi connectivity index (χ2v) is 6.67. The predicted octanol–water partition coefficient (Wildman–Crippen LogP) is 2.85. The van der Waals surface area contributed by atoms with Crippen molar-refractivity contribution in [2.75, 3.05) is 20.3 Å². The van der Waals surface area contributed by atoms with Crippen LogP contribution in [-0.4, -0.2) is 28.7 Å². The number of ether oxygens (including phenoxy) is 2. The smallest absolute Gasteiger partial charge is 0.240 e. The third-order valence-corrected chi connectivity index (χ3v) is 4.65. The second-order valence-electron chi connectivity index (χ2n) is 4.50. The molecule has 0 aliphatic heterocycles. The summed E-state index contributed by atoms with van der Waals surface area (Å²) in [4.78, 5) is 0.0223. The van der Waals surface area contributed by atoms with E-state index in [0.29, 0.717) is 11.5 Å². The van der Waals surface area contributed by atoms with E-state index in [0.717, 1.165) is 0 Å². The van der Waals surface area contributed by atoms with Gasteiger partial charge in [-0.2, -0.15) is 0 Å². The Morgan fingerprint density at radius 3 is 2.65 bits per heavy atom. The normalized spacial score (nSPS) is 11.3. The number of halogens is 2. The van der Waals surface area contributed by atoms with Crippen molar-refractivity contribution in [1.82, 2.24) is 4.72 Å². The lowest BCUT2D eigenvalue weighted by Gasteiger charge is -2.10. The fourth-order valence-corrected chi connectivity index (χ4v) is 3.16. The van der Waals surface area contributed by atoms with Crippen molar-refractivity contribution in [3.05, 3.63) is 53.3 Å². The summed E-state index contributed by atoms with van der Waals surface area (Å²) >= 11 is 5.91. The van der Waals surface area contributed by atoms with E-state index in [9.17, 15) is 12.8 Å². The fraction of sp³-hybridized carbons (Fsp3) is 0.200. The largest absolute Gasteiger partial charge is 0.495 e. The highest BCUT2D eigenvalue weighted by Crippen LogP contribution is 2.26. The molecule has 23 heavy (non-hydrogen) atoms. The molecule has 0 saturated carbocycles. The van der Waals surface area contributed by atoms with Crippen molar-refractivity contribution < 1.29 is 22.3 Å². The van der Waals surface area contributed by atoms with Gasteiger partial charge in [0.15, 0.2) is 0 Å². The molecular weight excluding hydrogens is 345 g/mol. The first kappa shape index (κ1) is 17.5. The van der Waals surface area contributed by atoms with Gasteiger partial charge in [-0.1, -0.05) is 17.7 Å². The van der Waals surface area contributed by atoms with Gasteiger partial charge < -0.3 is 9.47 Å². The highest BCUT2D eigenvalue weighted by Gasteiger charge is 2.15. The third-order valence-electron chi connectivity index (χ3n) is 2.89. The van der Waals surface area contributed by atoms with Crippen LogP contribution in [-0.2, 0) is 10.0 Å². The van der Waals surface area contributed by atoms with Gasteiger partial charge in [0.25, 0.3) is 0 Å². The highest BCUT2D eigenvalue weighted by molar-refractivity contribution is 7.89. The molecule has 0 amide bonds. The molecule has 0 aliphatic rings. The third kappa shape index (κ3) is 4.82. The van der Waals surface area contributed by atoms with E-state index in [1.54, 1.807) is 6.07 Å². The lowest BCUT2D eigenvalue weighted by molar-refractivity contribution is 0.321. The molecule has 0 bridgehead atoms. The lowest BCUT2D eigenvalue weighted by Crippen LogP contribution is -2.28. The lowest BCUT2D eigenvalue weighted by atomic mass is 10.3. The van der Waals surface area contributed by atoms with Gasteiger partial charge in [0, 0.05) is 12.6 Å². The molecule has 0 fully saturated rings. The van der Waals surface area contributed by atoms with Crippen LogP contribution in [0.4, 0.5) is 4.39 Å². The van der Waals surface area contributed by atoms with Crippen LogP contribution in [0.15, 0.2) is 47.4 Å². The summed E-state index contributed by atoms with van der Waals surface area (Å²) in [5, 5.41) is 0.200. The van der Waals surface area contributed by atoms with E-state index < -0.39 is 15.8 Å². The Hall–Kier alpha value is -1.83. The van der Waals surface area contributed by atoms with E-state index >= 15 is 0 Å². The molecule has 0 aliphatic carbocycles. The molecular formula is C15H15ClFNO4S. The summed E-state index contributed by atoms with van der Waals surface area (Å²) < 4.78 is 49.8. The minimum Gasteiger partial charge on any atom is -0.495 e. The minimum atomic E-state index is -3.71. The predicted molar refractivity (Wildman–Crippen MR) is 85.1 cm³/mol. The summed E-state index contributed by atoms with van der Waals surface area (Å²) in [7, 11) is -2.27. The second kappa shape index (κ2) is 7.63. The minimum absolute atomic E-state index is 0.0223. The van der Waals surface area contributed by atoms with E-state index in [2.05, 4.69) is 4.72 Å². The first-order valence-electron chi connectivity index (χ1n) is 6.64. The van der Waals surface area contributed by atoms with E-state index in [1.165, 1.54) is 43.5 Å². The number of rotatable bonds is 7. The zero-order chi connectivity index (χ0) is 16.9. The van der Waals surface area contributed by atoms with Gasteiger partial charge in [-0.25, -0.2) is 17.5 Å². The molecule has 2 aromatic carbocycles. The number of hydrogen-bond acceptors (Lipinski definition) is 4. The number of sulfonamides is 1. The quantitative estimate of drug-likeness (QED) is 0.772. The molecule has 0 radical (unpaired) electrons. The average molecular weight is 360 g/mol. The number of hydrogen-bond donors (Lipinski definition) is 1. The Labute approximate surface area is 139 Å². The van der Waals surface area contributed by atoms with Crippen LogP contribution in [0.1, 0.15) is 0 Å². The molecule has 1 N–H and O–H groups in total. The Bertz CT molecular complexity index is 783. The van der Waals surface area contributed by atoms with Gasteiger partial charge in [-0.15, -0.1) is 0 Å². The van der Waals surface area contributed by atoms with Crippen molar-refractivity contribution in [2.45, 2.75) is 4.90 Å². The van der Waals surface area contributed by atoms with Crippen LogP contribution in [0.5, 0.6) is 11.5 Å². The SMILES string of the molecule is COc1ccc(S(=O)(=O)NCCOc2cccc(F)c2)cc1Cl. The maximum atomic E-state index is 13.0. The van der Waals surface area contributed by atoms with E-state index in [4.69, 9.17) is 21.1 Å². The first-order valence-corrected chi connectivity index (χ1v) is 8.50. The van der Waals surface area contributed by atoms with Gasteiger partial charge in [-0.05, 0) is 30.3 Å². The molecule has 2 aromatic rings. The zero-order valence-electron chi connectivity index (χ0n) is 12.3. The molecule has 124 valence electrons. The Balaban J connectivity index is 1.92. The fourth-order valence-electron chi connectivity index (χ4n) is 1.80. The Kier molecular flexibility index (Phi) is 5.81. The van der Waals surface area contributed by atoms with Gasteiger partial charge in [-0.3, -0.25) is 0 Å². The standard InChI is InChI=1S/C15H15ClFNO4S/c1-21-15-6-5-13(10-14(15)16)23(19,20)18-7-8-22-12-4-2-3-11(17)9-12/h2-6,9-10,18H,7-8H2,1H3. The molecule has 2 rings (SSSR count). The summed E-state index contributed by atoms with van der Waals surface area (Å²) in [5.41, 5.74) is 0. The van der Waals surface area contributed by atoms with Crippen molar-refractivity contribution >= 4 is 21.6 Å². The van der Waals surface area contributed by atoms with Crippen LogP contribution in [0.25, 0.3) is 0 Å². The van der Waals surface area contributed by atoms with Crippen LogP contribution in [0, 0.1) is 5.82 Å². The molecule has 0 aromatic heterocycles.